The fourth-order valence-corrected chi connectivity index (χ4v) is 3.77. The SMILES string of the molecule is CC(=O)c1cccc(CN2CCN(Cc3cccc(C)n3)C(CCO)C2)c1. The minimum Gasteiger partial charge on any atom is -0.396 e. The van der Waals surface area contributed by atoms with E-state index in [0.29, 0.717) is 6.04 Å². The molecule has 27 heavy (non-hydrogen) atoms. The minimum absolute atomic E-state index is 0.102. The number of ketones is 1. The molecule has 1 unspecified atom stereocenters. The Hall–Kier alpha value is -2.08. The number of aliphatic hydroxyl groups is 1. The molecular weight excluding hydrogens is 338 g/mol. The molecule has 1 atom stereocenters. The molecule has 1 fully saturated rings. The third-order valence-electron chi connectivity index (χ3n) is 5.20. The maximum absolute atomic E-state index is 11.6. The summed E-state index contributed by atoms with van der Waals surface area (Å²) in [4.78, 5) is 21.1. The molecule has 0 aliphatic carbocycles. The van der Waals surface area contributed by atoms with Crippen molar-refractivity contribution in [1.82, 2.24) is 14.8 Å². The molecule has 0 bridgehead atoms. The molecular formula is C22H29N3O2. The molecule has 1 aliphatic rings. The van der Waals surface area contributed by atoms with E-state index in [4.69, 9.17) is 0 Å². The number of benzene rings is 1. The fraction of sp³-hybridized carbons (Fsp3) is 0.455. The number of nitrogens with zero attached hydrogens (tertiary/aromatic N) is 3. The summed E-state index contributed by atoms with van der Waals surface area (Å²) in [7, 11) is 0. The van der Waals surface area contributed by atoms with Gasteiger partial charge in [0.05, 0.1) is 5.69 Å². The van der Waals surface area contributed by atoms with E-state index in [2.05, 4.69) is 33.0 Å². The fourth-order valence-electron chi connectivity index (χ4n) is 3.77. The molecule has 1 aromatic heterocycles. The number of aromatic nitrogens is 1. The Bertz CT molecular complexity index is 778. The molecule has 1 aromatic carbocycles. The van der Waals surface area contributed by atoms with Gasteiger partial charge < -0.3 is 5.11 Å². The first-order valence-corrected chi connectivity index (χ1v) is 9.65. The van der Waals surface area contributed by atoms with E-state index in [1.165, 1.54) is 5.56 Å². The summed E-state index contributed by atoms with van der Waals surface area (Å²) in [5.41, 5.74) is 4.05. The molecule has 0 saturated carbocycles. The van der Waals surface area contributed by atoms with Gasteiger partial charge in [0.15, 0.2) is 5.78 Å². The lowest BCUT2D eigenvalue weighted by Gasteiger charge is -2.41. The number of aryl methyl sites for hydroxylation is 1. The average molecular weight is 367 g/mol. The zero-order valence-electron chi connectivity index (χ0n) is 16.3. The van der Waals surface area contributed by atoms with Gasteiger partial charge in [-0.05, 0) is 44.0 Å². The Morgan fingerprint density at radius 3 is 2.74 bits per heavy atom. The topological polar surface area (TPSA) is 56.7 Å². The number of Topliss-reactive ketones (excluding diaryl/α,β-unsaturated/α-hetero) is 1. The zero-order chi connectivity index (χ0) is 19.2. The standard InChI is InChI=1S/C22H29N3O2/c1-17-5-3-8-21(23-17)15-25-11-10-24(16-22(25)9-12-26)14-19-6-4-7-20(13-19)18(2)27/h3-8,13,22,26H,9-12,14-16H2,1-2H3. The van der Waals surface area contributed by atoms with Crippen molar-refractivity contribution in [2.75, 3.05) is 26.2 Å². The van der Waals surface area contributed by atoms with Crippen LogP contribution in [0.1, 0.15) is 40.7 Å². The Morgan fingerprint density at radius 2 is 2.00 bits per heavy atom. The van der Waals surface area contributed by atoms with Gasteiger partial charge in [0, 0.05) is 56.6 Å². The predicted molar refractivity (Wildman–Crippen MR) is 107 cm³/mol. The van der Waals surface area contributed by atoms with Crippen molar-refractivity contribution < 1.29 is 9.90 Å². The Kier molecular flexibility index (Phi) is 6.72. The molecule has 1 aliphatic heterocycles. The Balaban J connectivity index is 1.64. The van der Waals surface area contributed by atoms with Gasteiger partial charge in [0.2, 0.25) is 0 Å². The highest BCUT2D eigenvalue weighted by Crippen LogP contribution is 2.18. The highest BCUT2D eigenvalue weighted by molar-refractivity contribution is 5.94. The maximum atomic E-state index is 11.6. The first-order valence-electron chi connectivity index (χ1n) is 9.65. The molecule has 2 aromatic rings. The van der Waals surface area contributed by atoms with Crippen molar-refractivity contribution in [3.63, 3.8) is 0 Å². The molecule has 2 heterocycles. The van der Waals surface area contributed by atoms with Crippen LogP contribution in [0.25, 0.3) is 0 Å². The lowest BCUT2D eigenvalue weighted by atomic mass is 10.0. The number of aliphatic hydroxyl groups excluding tert-OH is 1. The van der Waals surface area contributed by atoms with Crippen LogP contribution in [0.5, 0.6) is 0 Å². The van der Waals surface area contributed by atoms with E-state index in [-0.39, 0.29) is 12.4 Å². The van der Waals surface area contributed by atoms with E-state index in [9.17, 15) is 9.90 Å². The lowest BCUT2D eigenvalue weighted by Crippen LogP contribution is -2.52. The van der Waals surface area contributed by atoms with Crippen LogP contribution in [0.4, 0.5) is 0 Å². The van der Waals surface area contributed by atoms with Crippen LogP contribution in [0.2, 0.25) is 0 Å². The number of hydrogen-bond acceptors (Lipinski definition) is 5. The van der Waals surface area contributed by atoms with E-state index in [0.717, 1.165) is 56.1 Å². The second kappa shape index (κ2) is 9.22. The van der Waals surface area contributed by atoms with Crippen LogP contribution in [-0.4, -0.2) is 58.0 Å². The number of carbonyl (C=O) groups excluding carboxylic acids is 1. The molecule has 5 heteroatoms. The highest BCUT2D eigenvalue weighted by atomic mass is 16.3. The minimum atomic E-state index is 0.102. The highest BCUT2D eigenvalue weighted by Gasteiger charge is 2.27. The summed E-state index contributed by atoms with van der Waals surface area (Å²) in [6.45, 7) is 8.30. The third-order valence-corrected chi connectivity index (χ3v) is 5.20. The summed E-state index contributed by atoms with van der Waals surface area (Å²) in [6, 6.07) is 14.3. The summed E-state index contributed by atoms with van der Waals surface area (Å²) in [6.07, 6.45) is 0.760. The van der Waals surface area contributed by atoms with E-state index >= 15 is 0 Å². The number of pyridine rings is 1. The van der Waals surface area contributed by atoms with Gasteiger partial charge >= 0.3 is 0 Å². The van der Waals surface area contributed by atoms with Crippen molar-refractivity contribution >= 4 is 5.78 Å². The van der Waals surface area contributed by atoms with Crippen LogP contribution in [0.15, 0.2) is 42.5 Å². The molecule has 0 amide bonds. The van der Waals surface area contributed by atoms with Gasteiger partial charge in [0.25, 0.3) is 0 Å². The monoisotopic (exact) mass is 367 g/mol. The van der Waals surface area contributed by atoms with Crippen molar-refractivity contribution in [3.05, 3.63) is 65.0 Å². The van der Waals surface area contributed by atoms with Gasteiger partial charge in [-0.3, -0.25) is 19.6 Å². The van der Waals surface area contributed by atoms with Crippen LogP contribution >= 0.6 is 0 Å². The molecule has 5 nitrogen and oxygen atoms in total. The summed E-state index contributed by atoms with van der Waals surface area (Å²) in [5, 5.41) is 9.52. The zero-order valence-corrected chi connectivity index (χ0v) is 16.3. The molecule has 3 rings (SSSR count). The summed E-state index contributed by atoms with van der Waals surface area (Å²) >= 11 is 0. The normalized spacial score (nSPS) is 18.6. The smallest absolute Gasteiger partial charge is 0.159 e. The first kappa shape index (κ1) is 19.7. The molecule has 0 radical (unpaired) electrons. The maximum Gasteiger partial charge on any atom is 0.159 e. The number of rotatable bonds is 7. The largest absolute Gasteiger partial charge is 0.396 e. The summed E-state index contributed by atoms with van der Waals surface area (Å²) < 4.78 is 0. The van der Waals surface area contributed by atoms with Gasteiger partial charge in [-0.2, -0.15) is 0 Å². The molecule has 1 N–H and O–H groups in total. The first-order chi connectivity index (χ1) is 13.0. The average Bonchev–Trinajstić information content (AvgIpc) is 2.64. The van der Waals surface area contributed by atoms with Crippen LogP contribution in [0, 0.1) is 6.92 Å². The van der Waals surface area contributed by atoms with E-state index in [1.54, 1.807) is 6.92 Å². The number of hydrogen-bond donors (Lipinski definition) is 1. The predicted octanol–water partition coefficient (Wildman–Crippen LogP) is 2.66. The summed E-state index contributed by atoms with van der Waals surface area (Å²) in [5.74, 6) is 0.102. The second-order valence-corrected chi connectivity index (χ2v) is 7.40. The third kappa shape index (κ3) is 5.45. The van der Waals surface area contributed by atoms with Gasteiger partial charge in [-0.25, -0.2) is 0 Å². The van der Waals surface area contributed by atoms with Crippen LogP contribution < -0.4 is 0 Å². The van der Waals surface area contributed by atoms with E-state index in [1.807, 2.05) is 31.2 Å². The molecule has 144 valence electrons. The quantitative estimate of drug-likeness (QED) is 0.763. The van der Waals surface area contributed by atoms with Gasteiger partial charge in [-0.1, -0.05) is 24.3 Å². The second-order valence-electron chi connectivity index (χ2n) is 7.40. The number of carbonyl (C=O) groups is 1. The van der Waals surface area contributed by atoms with Gasteiger partial charge in [0.1, 0.15) is 0 Å². The Labute approximate surface area is 161 Å². The van der Waals surface area contributed by atoms with Crippen molar-refractivity contribution in [1.29, 1.82) is 0 Å². The van der Waals surface area contributed by atoms with E-state index < -0.39 is 0 Å². The van der Waals surface area contributed by atoms with Crippen LogP contribution in [0.3, 0.4) is 0 Å². The number of piperazine rings is 1. The molecule has 1 saturated heterocycles. The molecule has 0 spiro atoms. The van der Waals surface area contributed by atoms with Crippen LogP contribution in [-0.2, 0) is 13.1 Å². The van der Waals surface area contributed by atoms with Crippen molar-refractivity contribution in [2.24, 2.45) is 0 Å². The lowest BCUT2D eigenvalue weighted by molar-refractivity contribution is 0.0491. The van der Waals surface area contributed by atoms with Gasteiger partial charge in [-0.15, -0.1) is 0 Å². The Morgan fingerprint density at radius 1 is 1.19 bits per heavy atom. The van der Waals surface area contributed by atoms with Crippen molar-refractivity contribution in [3.8, 4) is 0 Å². The van der Waals surface area contributed by atoms with Crippen molar-refractivity contribution in [2.45, 2.75) is 39.4 Å².